The van der Waals surface area contributed by atoms with Crippen LogP contribution in [0.2, 0.25) is 5.28 Å². The summed E-state index contributed by atoms with van der Waals surface area (Å²) in [5, 5.41) is 0.209. The van der Waals surface area contributed by atoms with Gasteiger partial charge in [-0.3, -0.25) is 4.90 Å². The van der Waals surface area contributed by atoms with Gasteiger partial charge in [0.15, 0.2) is 0 Å². The Morgan fingerprint density at radius 3 is 2.83 bits per heavy atom. The van der Waals surface area contributed by atoms with Crippen molar-refractivity contribution >= 4 is 29.7 Å². The molecule has 0 saturated carbocycles. The van der Waals surface area contributed by atoms with Crippen LogP contribution in [-0.4, -0.2) is 51.4 Å². The summed E-state index contributed by atoms with van der Waals surface area (Å²) in [6.07, 6.45) is 3.19. The lowest BCUT2D eigenvalue weighted by Gasteiger charge is -2.23. The van der Waals surface area contributed by atoms with Gasteiger partial charge in [0, 0.05) is 6.20 Å². The van der Waals surface area contributed by atoms with Crippen molar-refractivity contribution in [3.05, 3.63) is 53.4 Å². The topological polar surface area (TPSA) is 58.3 Å². The monoisotopic (exact) mass is 331 g/mol. The summed E-state index contributed by atoms with van der Waals surface area (Å²) in [5.74, 6) is 0.724. The Morgan fingerprint density at radius 1 is 1.30 bits per heavy atom. The molecule has 0 fully saturated rings. The average Bonchev–Trinajstić information content (AvgIpc) is 2.61. The normalized spacial score (nSPS) is 14.3. The van der Waals surface area contributed by atoms with E-state index in [1.165, 1.54) is 0 Å². The Labute approximate surface area is 139 Å². The zero-order chi connectivity index (χ0) is 16.1. The number of ether oxygens (including phenoxy) is 1. The maximum atomic E-state index is 12.1. The predicted molar refractivity (Wildman–Crippen MR) is 86.1 cm³/mol. The van der Waals surface area contributed by atoms with E-state index in [4.69, 9.17) is 16.3 Å². The van der Waals surface area contributed by atoms with Crippen molar-refractivity contribution in [1.29, 1.82) is 0 Å². The molecule has 0 atom stereocenters. The largest absolute Gasteiger partial charge is 0.445 e. The van der Waals surface area contributed by atoms with E-state index in [0.717, 1.165) is 11.4 Å². The molecule has 0 aliphatic carbocycles. The molecule has 0 spiro atoms. The Hall–Kier alpha value is -2.47. The summed E-state index contributed by atoms with van der Waals surface area (Å²) in [5.41, 5.74) is 0.971. The molecule has 1 aromatic heterocycles. The predicted octanol–water partition coefficient (Wildman–Crippen LogP) is 2.50. The molecule has 1 amide bonds. The van der Waals surface area contributed by atoms with Crippen molar-refractivity contribution in [2.24, 2.45) is 0 Å². The van der Waals surface area contributed by atoms with Gasteiger partial charge in [-0.1, -0.05) is 30.3 Å². The molecule has 0 bridgehead atoms. The molecule has 0 radical (unpaired) electrons. The van der Waals surface area contributed by atoms with Crippen LogP contribution in [0.5, 0.6) is 0 Å². The van der Waals surface area contributed by atoms with Crippen LogP contribution in [0.3, 0.4) is 0 Å². The molecule has 2 aromatic rings. The van der Waals surface area contributed by atoms with E-state index >= 15 is 0 Å². The number of hydrogen-bond acceptors (Lipinski definition) is 4. The lowest BCUT2D eigenvalue weighted by Crippen LogP contribution is -2.42. The first-order chi connectivity index (χ1) is 11.2. The molecule has 2 heterocycles. The third-order valence-corrected chi connectivity index (χ3v) is 3.68. The minimum absolute atomic E-state index is 0.209. The third-order valence-electron chi connectivity index (χ3n) is 3.50. The summed E-state index contributed by atoms with van der Waals surface area (Å²) >= 11 is 5.80. The Kier molecular flexibility index (Phi) is 4.83. The number of halogens is 1. The summed E-state index contributed by atoms with van der Waals surface area (Å²) in [4.78, 5) is 21.8. The van der Waals surface area contributed by atoms with E-state index in [0.29, 0.717) is 19.6 Å². The number of benzene rings is 1. The van der Waals surface area contributed by atoms with Crippen LogP contribution < -0.4 is 0 Å². The standard InChI is InChI=1S/C16H16ClN4O2/c17-15-18-7-6-14(19-15)20-8-10-21(11-9-20)16(22)23-12-13-4-2-1-3-5-13/h1-8H,9-12H2/q+1. The highest BCUT2D eigenvalue weighted by Gasteiger charge is 2.23. The number of aromatic nitrogens is 2. The van der Waals surface area contributed by atoms with Crippen molar-refractivity contribution in [2.45, 2.75) is 6.61 Å². The van der Waals surface area contributed by atoms with Gasteiger partial charge >= 0.3 is 17.2 Å². The van der Waals surface area contributed by atoms with Gasteiger partial charge in [0.1, 0.15) is 13.2 Å². The van der Waals surface area contributed by atoms with Crippen molar-refractivity contribution in [2.75, 3.05) is 19.6 Å². The van der Waals surface area contributed by atoms with Gasteiger partial charge in [-0.15, -0.1) is 0 Å². The number of nitrogens with zero attached hydrogens (tertiary/aromatic N) is 4. The van der Waals surface area contributed by atoms with Crippen LogP contribution >= 0.6 is 11.6 Å². The molecule has 3 rings (SSSR count). The van der Waals surface area contributed by atoms with E-state index in [1.807, 2.05) is 41.1 Å². The average molecular weight is 332 g/mol. The molecule has 1 aliphatic heterocycles. The molecule has 6 nitrogen and oxygen atoms in total. The van der Waals surface area contributed by atoms with Gasteiger partial charge in [-0.25, -0.2) is 14.4 Å². The summed E-state index contributed by atoms with van der Waals surface area (Å²) < 4.78 is 7.28. The fourth-order valence-corrected chi connectivity index (χ4v) is 2.42. The van der Waals surface area contributed by atoms with Gasteiger partial charge in [-0.2, -0.15) is 0 Å². The maximum absolute atomic E-state index is 12.1. The highest BCUT2D eigenvalue weighted by atomic mass is 35.5. The minimum Gasteiger partial charge on any atom is -0.445 e. The number of carbonyl (C=O) groups excluding carboxylic acids is 1. The van der Waals surface area contributed by atoms with Gasteiger partial charge in [0.05, 0.1) is 25.4 Å². The number of amides is 1. The maximum Gasteiger partial charge on any atom is 0.410 e. The Balaban J connectivity index is 1.56. The zero-order valence-electron chi connectivity index (χ0n) is 12.4. The molecular formula is C16H16ClN4O2+. The van der Waals surface area contributed by atoms with Crippen LogP contribution in [0.4, 0.5) is 10.6 Å². The Morgan fingerprint density at radius 2 is 2.13 bits per heavy atom. The molecule has 1 aromatic carbocycles. The first-order valence-corrected chi connectivity index (χ1v) is 7.64. The highest BCUT2D eigenvalue weighted by molar-refractivity contribution is 6.28. The van der Waals surface area contributed by atoms with Crippen molar-refractivity contribution in [3.8, 4) is 0 Å². The van der Waals surface area contributed by atoms with Crippen LogP contribution in [0, 0.1) is 0 Å². The second-order valence-corrected chi connectivity index (χ2v) is 5.38. The lowest BCUT2D eigenvalue weighted by molar-refractivity contribution is -0.446. The molecule has 0 saturated heterocycles. The molecule has 118 valence electrons. The fourth-order valence-electron chi connectivity index (χ4n) is 2.28. The number of carbonyl (C=O) groups is 1. The molecule has 23 heavy (non-hydrogen) atoms. The van der Waals surface area contributed by atoms with Crippen molar-refractivity contribution in [3.63, 3.8) is 0 Å². The van der Waals surface area contributed by atoms with E-state index in [-0.39, 0.29) is 18.0 Å². The van der Waals surface area contributed by atoms with Crippen molar-refractivity contribution < 1.29 is 14.1 Å². The minimum atomic E-state index is -0.314. The first kappa shape index (κ1) is 15.4. The first-order valence-electron chi connectivity index (χ1n) is 7.26. The zero-order valence-corrected chi connectivity index (χ0v) is 13.2. The van der Waals surface area contributed by atoms with Gasteiger partial charge < -0.3 is 4.74 Å². The van der Waals surface area contributed by atoms with Gasteiger partial charge in [0.25, 0.3) is 0 Å². The van der Waals surface area contributed by atoms with Gasteiger partial charge in [-0.05, 0) is 22.1 Å². The van der Waals surface area contributed by atoms with E-state index < -0.39 is 0 Å². The second-order valence-electron chi connectivity index (χ2n) is 5.05. The second kappa shape index (κ2) is 7.19. The quantitative estimate of drug-likeness (QED) is 0.640. The van der Waals surface area contributed by atoms with E-state index in [9.17, 15) is 4.79 Å². The molecular weight excluding hydrogens is 316 g/mol. The van der Waals surface area contributed by atoms with E-state index in [2.05, 4.69) is 9.97 Å². The number of rotatable bonds is 3. The molecule has 0 N–H and O–H groups in total. The Bertz CT molecular complexity index is 721. The van der Waals surface area contributed by atoms with Crippen LogP contribution in [-0.2, 0) is 11.3 Å². The molecule has 7 heteroatoms. The summed E-state index contributed by atoms with van der Waals surface area (Å²) in [7, 11) is 0. The summed E-state index contributed by atoms with van der Waals surface area (Å²) in [6.45, 7) is 1.94. The third kappa shape index (κ3) is 4.04. The summed E-state index contributed by atoms with van der Waals surface area (Å²) in [6, 6.07) is 11.4. The highest BCUT2D eigenvalue weighted by Crippen LogP contribution is 2.12. The van der Waals surface area contributed by atoms with Crippen LogP contribution in [0.15, 0.2) is 42.6 Å². The molecule has 1 aliphatic rings. The smallest absolute Gasteiger partial charge is 0.410 e. The number of hydrogen-bond donors (Lipinski definition) is 0. The van der Waals surface area contributed by atoms with Crippen LogP contribution in [0.25, 0.3) is 0 Å². The van der Waals surface area contributed by atoms with Gasteiger partial charge in [0.2, 0.25) is 0 Å². The lowest BCUT2D eigenvalue weighted by atomic mass is 10.2. The van der Waals surface area contributed by atoms with Crippen molar-refractivity contribution in [1.82, 2.24) is 14.9 Å². The fraction of sp³-hybridized carbons (Fsp3) is 0.250. The van der Waals surface area contributed by atoms with Crippen LogP contribution in [0.1, 0.15) is 5.56 Å². The SMILES string of the molecule is O=C(OCc1ccccc1)N1CC=[N+](c2ccnc(Cl)n2)CC1. The molecule has 0 unspecified atom stereocenters. The van der Waals surface area contributed by atoms with E-state index in [1.54, 1.807) is 17.2 Å².